The maximum atomic E-state index is 12.4. The van der Waals surface area contributed by atoms with Gasteiger partial charge in [-0.15, -0.1) is 0 Å². The molecule has 0 amide bonds. The predicted molar refractivity (Wildman–Crippen MR) is 75.6 cm³/mol. The smallest absolute Gasteiger partial charge is 0.251 e. The first kappa shape index (κ1) is 17.8. The Labute approximate surface area is 120 Å². The van der Waals surface area contributed by atoms with Crippen LogP contribution in [0.2, 0.25) is 0 Å². The van der Waals surface area contributed by atoms with Crippen LogP contribution in [0.25, 0.3) is 0 Å². The summed E-state index contributed by atoms with van der Waals surface area (Å²) in [5.41, 5.74) is 0.127. The summed E-state index contributed by atoms with van der Waals surface area (Å²) in [4.78, 5) is 0. The highest BCUT2D eigenvalue weighted by molar-refractivity contribution is 9.10. The van der Waals surface area contributed by atoms with E-state index < -0.39 is 12.2 Å². The van der Waals surface area contributed by atoms with Gasteiger partial charge in [-0.25, -0.2) is 0 Å². The summed E-state index contributed by atoms with van der Waals surface area (Å²) in [5.74, 6) is 0.833. The zero-order chi connectivity index (χ0) is 14.3. The van der Waals surface area contributed by atoms with Crippen LogP contribution in [0.15, 0.2) is 28.7 Å². The molecule has 1 aromatic carbocycles. The van der Waals surface area contributed by atoms with E-state index in [4.69, 9.17) is 0 Å². The van der Waals surface area contributed by atoms with E-state index in [2.05, 4.69) is 49.5 Å². The van der Waals surface area contributed by atoms with Crippen molar-refractivity contribution >= 4 is 28.7 Å². The lowest BCUT2D eigenvalue weighted by molar-refractivity contribution is -0.152. The lowest BCUT2D eigenvalue weighted by Gasteiger charge is -2.19. The van der Waals surface area contributed by atoms with E-state index >= 15 is 0 Å². The molecule has 0 aromatic heterocycles. The minimum absolute atomic E-state index is 0.127. The fourth-order valence-electron chi connectivity index (χ4n) is 1.02. The fraction of sp³-hybridized carbons (Fsp3) is 0.500. The molecule has 0 spiro atoms. The third-order valence-electron chi connectivity index (χ3n) is 1.64. The molecule has 1 nitrogen and oxygen atoms in total. The van der Waals surface area contributed by atoms with Gasteiger partial charge in [-0.2, -0.15) is 13.2 Å². The maximum absolute atomic E-state index is 12.4. The molecular formula is C12H17BrF3NS. The van der Waals surface area contributed by atoms with E-state index in [1.807, 2.05) is 4.72 Å². The van der Waals surface area contributed by atoms with Gasteiger partial charge in [0.05, 0.1) is 0 Å². The van der Waals surface area contributed by atoms with Gasteiger partial charge in [-0.1, -0.05) is 61.6 Å². The van der Waals surface area contributed by atoms with Gasteiger partial charge in [0.25, 0.3) is 0 Å². The van der Waals surface area contributed by atoms with Gasteiger partial charge in [-0.05, 0) is 23.6 Å². The van der Waals surface area contributed by atoms with Crippen molar-refractivity contribution in [1.82, 2.24) is 4.72 Å². The summed E-state index contributed by atoms with van der Waals surface area (Å²) in [6, 6.07) is 4.26. The van der Waals surface area contributed by atoms with Crippen LogP contribution in [0.5, 0.6) is 0 Å². The Hall–Kier alpha value is -0.200. The number of rotatable bonds is 2. The van der Waals surface area contributed by atoms with Crippen LogP contribution in [0.4, 0.5) is 13.2 Å². The maximum Gasteiger partial charge on any atom is 0.408 e. The minimum Gasteiger partial charge on any atom is -0.251 e. The highest BCUT2D eigenvalue weighted by Crippen LogP contribution is 2.33. The van der Waals surface area contributed by atoms with Crippen LogP contribution in [-0.4, -0.2) is 6.18 Å². The molecule has 1 N–H and O–H groups in total. The average molecular weight is 344 g/mol. The number of hydrogen-bond acceptors (Lipinski definition) is 2. The molecule has 0 saturated carbocycles. The number of thiol groups is 1. The molecule has 0 fully saturated rings. The quantitative estimate of drug-likeness (QED) is 0.707. The zero-order valence-corrected chi connectivity index (χ0v) is 12.9. The lowest BCUT2D eigenvalue weighted by Crippen LogP contribution is -2.28. The minimum atomic E-state index is -4.34. The first-order chi connectivity index (χ1) is 8.18. The molecule has 1 rings (SSSR count). The van der Waals surface area contributed by atoms with Crippen LogP contribution >= 0.6 is 28.7 Å². The molecule has 0 aliphatic carbocycles. The van der Waals surface area contributed by atoms with Crippen LogP contribution in [0.1, 0.15) is 32.4 Å². The largest absolute Gasteiger partial charge is 0.408 e. The second-order valence-electron chi connectivity index (χ2n) is 4.39. The molecule has 0 aliphatic rings. The Bertz CT molecular complexity index is 353. The third kappa shape index (κ3) is 7.28. The molecule has 18 heavy (non-hydrogen) atoms. The molecule has 104 valence electrons. The van der Waals surface area contributed by atoms with Crippen molar-refractivity contribution in [2.75, 3.05) is 0 Å². The molecular weight excluding hydrogens is 327 g/mol. The van der Waals surface area contributed by atoms with Gasteiger partial charge in [0.15, 0.2) is 0 Å². The van der Waals surface area contributed by atoms with E-state index in [1.54, 1.807) is 12.1 Å². The molecule has 0 bridgehead atoms. The van der Waals surface area contributed by atoms with Crippen molar-refractivity contribution in [3.63, 3.8) is 0 Å². The van der Waals surface area contributed by atoms with Crippen molar-refractivity contribution in [3.05, 3.63) is 34.3 Å². The molecule has 1 atom stereocenters. The fourth-order valence-corrected chi connectivity index (χ4v) is 1.74. The van der Waals surface area contributed by atoms with E-state index in [0.29, 0.717) is 4.47 Å². The Balaban J connectivity index is 0.000000631. The van der Waals surface area contributed by atoms with Gasteiger partial charge < -0.3 is 0 Å². The van der Waals surface area contributed by atoms with Gasteiger partial charge in [0.1, 0.15) is 6.04 Å². The Morgan fingerprint density at radius 2 is 1.72 bits per heavy atom. The summed E-state index contributed by atoms with van der Waals surface area (Å²) >= 11 is 6.58. The van der Waals surface area contributed by atoms with Crippen molar-refractivity contribution in [2.24, 2.45) is 5.92 Å². The van der Waals surface area contributed by atoms with Crippen LogP contribution < -0.4 is 4.72 Å². The molecule has 0 aliphatic heterocycles. The first-order valence-corrected chi connectivity index (χ1v) is 6.64. The second-order valence-corrected chi connectivity index (χ2v) is 5.56. The lowest BCUT2D eigenvalue weighted by atomic mass is 10.1. The van der Waals surface area contributed by atoms with E-state index in [1.165, 1.54) is 12.1 Å². The molecule has 1 aromatic rings. The Morgan fingerprint density at radius 1 is 1.22 bits per heavy atom. The van der Waals surface area contributed by atoms with E-state index in [0.717, 1.165) is 5.92 Å². The second kappa shape index (κ2) is 8.07. The highest BCUT2D eigenvalue weighted by Gasteiger charge is 2.40. The predicted octanol–water partition coefficient (Wildman–Crippen LogP) is 5.15. The Morgan fingerprint density at radius 3 is 2.06 bits per heavy atom. The summed E-state index contributed by atoms with van der Waals surface area (Å²) in [5, 5.41) is 0. The number of hydrogen-bond donors (Lipinski definition) is 2. The summed E-state index contributed by atoms with van der Waals surface area (Å²) in [7, 11) is 0. The van der Waals surface area contributed by atoms with Gasteiger partial charge >= 0.3 is 6.18 Å². The topological polar surface area (TPSA) is 12.0 Å². The van der Waals surface area contributed by atoms with Crippen molar-refractivity contribution in [2.45, 2.75) is 33.0 Å². The molecule has 6 heteroatoms. The third-order valence-corrected chi connectivity index (χ3v) is 2.39. The average Bonchev–Trinajstić information content (AvgIpc) is 2.15. The summed E-state index contributed by atoms with van der Waals surface area (Å²) in [6.45, 7) is 6.50. The number of halogens is 4. The van der Waals surface area contributed by atoms with Crippen molar-refractivity contribution in [3.8, 4) is 0 Å². The van der Waals surface area contributed by atoms with Crippen LogP contribution in [-0.2, 0) is 0 Å². The van der Waals surface area contributed by atoms with Crippen molar-refractivity contribution in [1.29, 1.82) is 0 Å². The standard InChI is InChI=1S/C8H7BrF3NS.C4H10/c9-6-3-1-2-5(4-6)7(13-14)8(10,11)12;1-4(2)3/h1-4,7,13-14H;4H,1-3H3. The van der Waals surface area contributed by atoms with E-state index in [-0.39, 0.29) is 5.56 Å². The van der Waals surface area contributed by atoms with Gasteiger partial charge in [0.2, 0.25) is 0 Å². The molecule has 1 unspecified atom stereocenters. The number of alkyl halides is 3. The summed E-state index contributed by atoms with van der Waals surface area (Å²) < 4.78 is 39.8. The Kier molecular flexibility index (Phi) is 7.98. The number of benzene rings is 1. The molecule has 0 saturated heterocycles. The SMILES string of the molecule is CC(C)C.FC(F)(F)C(NS)c1cccc(Br)c1. The van der Waals surface area contributed by atoms with Crippen LogP contribution in [0, 0.1) is 5.92 Å². The monoisotopic (exact) mass is 343 g/mol. The van der Waals surface area contributed by atoms with E-state index in [9.17, 15) is 13.2 Å². The van der Waals surface area contributed by atoms with Gasteiger partial charge in [-0.3, -0.25) is 4.72 Å². The van der Waals surface area contributed by atoms with Crippen molar-refractivity contribution < 1.29 is 13.2 Å². The highest BCUT2D eigenvalue weighted by atomic mass is 79.9. The van der Waals surface area contributed by atoms with Gasteiger partial charge in [0, 0.05) is 4.47 Å². The number of nitrogens with one attached hydrogen (secondary N) is 1. The molecule has 0 heterocycles. The normalized spacial score (nSPS) is 12.9. The summed E-state index contributed by atoms with van der Waals surface area (Å²) in [6.07, 6.45) is -4.34. The molecule has 0 radical (unpaired) electrons. The zero-order valence-electron chi connectivity index (χ0n) is 10.4. The van der Waals surface area contributed by atoms with Crippen LogP contribution in [0.3, 0.4) is 0 Å². The first-order valence-electron chi connectivity index (χ1n) is 5.40.